The van der Waals surface area contributed by atoms with Gasteiger partial charge in [0.15, 0.2) is 5.15 Å². The SMILES string of the molecule is CN(C)c1cc(Cl)nnc1-c1ccccc1.Cl. The summed E-state index contributed by atoms with van der Waals surface area (Å²) >= 11 is 5.85. The molecule has 0 radical (unpaired) electrons. The van der Waals surface area contributed by atoms with Crippen LogP contribution in [-0.2, 0) is 0 Å². The van der Waals surface area contributed by atoms with Crippen LogP contribution in [0.3, 0.4) is 0 Å². The van der Waals surface area contributed by atoms with Crippen LogP contribution in [0.5, 0.6) is 0 Å². The molecule has 0 saturated heterocycles. The van der Waals surface area contributed by atoms with Crippen LogP contribution in [0.25, 0.3) is 11.3 Å². The molecule has 0 aliphatic carbocycles. The molecule has 0 aliphatic heterocycles. The lowest BCUT2D eigenvalue weighted by Crippen LogP contribution is -2.11. The van der Waals surface area contributed by atoms with Gasteiger partial charge in [-0.2, -0.15) is 0 Å². The summed E-state index contributed by atoms with van der Waals surface area (Å²) in [5, 5.41) is 8.44. The predicted molar refractivity (Wildman–Crippen MR) is 74.1 cm³/mol. The number of halogens is 2. The van der Waals surface area contributed by atoms with Gasteiger partial charge in [0, 0.05) is 25.7 Å². The quantitative estimate of drug-likeness (QED) is 0.838. The van der Waals surface area contributed by atoms with E-state index in [0.717, 1.165) is 16.9 Å². The first-order valence-electron chi connectivity index (χ1n) is 4.94. The van der Waals surface area contributed by atoms with E-state index >= 15 is 0 Å². The molecule has 0 atom stereocenters. The second-order valence-electron chi connectivity index (χ2n) is 3.66. The molecule has 0 bridgehead atoms. The molecule has 90 valence electrons. The number of rotatable bonds is 2. The maximum Gasteiger partial charge on any atom is 0.153 e. The standard InChI is InChI=1S/C12H12ClN3.ClH/c1-16(2)10-8-11(13)14-15-12(10)9-6-4-3-5-7-9;/h3-8H,1-2H3;1H. The lowest BCUT2D eigenvalue weighted by atomic mass is 10.1. The summed E-state index contributed by atoms with van der Waals surface area (Å²) in [5.41, 5.74) is 2.84. The third kappa shape index (κ3) is 3.08. The number of benzene rings is 1. The largest absolute Gasteiger partial charge is 0.376 e. The molecule has 3 nitrogen and oxygen atoms in total. The highest BCUT2D eigenvalue weighted by Gasteiger charge is 2.09. The third-order valence-corrected chi connectivity index (χ3v) is 2.46. The lowest BCUT2D eigenvalue weighted by molar-refractivity contribution is 1.01. The molecule has 0 fully saturated rings. The van der Waals surface area contributed by atoms with E-state index in [2.05, 4.69) is 10.2 Å². The molecule has 1 aromatic carbocycles. The van der Waals surface area contributed by atoms with E-state index in [-0.39, 0.29) is 12.4 Å². The molecule has 1 heterocycles. The Morgan fingerprint density at radius 3 is 2.29 bits per heavy atom. The number of aromatic nitrogens is 2. The number of hydrogen-bond donors (Lipinski definition) is 0. The maximum atomic E-state index is 5.85. The second-order valence-corrected chi connectivity index (χ2v) is 4.05. The van der Waals surface area contributed by atoms with Gasteiger partial charge in [0.05, 0.1) is 5.69 Å². The highest BCUT2D eigenvalue weighted by Crippen LogP contribution is 2.28. The number of anilines is 1. The van der Waals surface area contributed by atoms with Gasteiger partial charge in [0.2, 0.25) is 0 Å². The molecule has 0 aliphatic rings. The zero-order valence-electron chi connectivity index (χ0n) is 9.59. The van der Waals surface area contributed by atoms with Gasteiger partial charge in [-0.3, -0.25) is 0 Å². The topological polar surface area (TPSA) is 29.0 Å². The van der Waals surface area contributed by atoms with Crippen LogP contribution in [0.1, 0.15) is 0 Å². The summed E-state index contributed by atoms with van der Waals surface area (Å²) in [6.07, 6.45) is 0. The number of hydrogen-bond acceptors (Lipinski definition) is 3. The Bertz CT molecular complexity index is 486. The van der Waals surface area contributed by atoms with Crippen molar-refractivity contribution in [2.75, 3.05) is 19.0 Å². The van der Waals surface area contributed by atoms with Crippen molar-refractivity contribution in [3.8, 4) is 11.3 Å². The summed E-state index contributed by atoms with van der Waals surface area (Å²) in [4.78, 5) is 1.98. The first kappa shape index (κ1) is 13.7. The van der Waals surface area contributed by atoms with E-state index in [1.54, 1.807) is 0 Å². The summed E-state index contributed by atoms with van der Waals surface area (Å²) < 4.78 is 0. The molecule has 17 heavy (non-hydrogen) atoms. The van der Waals surface area contributed by atoms with Gasteiger partial charge >= 0.3 is 0 Å². The summed E-state index contributed by atoms with van der Waals surface area (Å²) in [6.45, 7) is 0. The minimum atomic E-state index is 0. The van der Waals surface area contributed by atoms with Crippen LogP contribution >= 0.6 is 24.0 Å². The Hall–Kier alpha value is -1.32. The summed E-state index contributed by atoms with van der Waals surface area (Å²) in [5.74, 6) is 0. The van der Waals surface area contributed by atoms with Crippen molar-refractivity contribution < 1.29 is 0 Å². The smallest absolute Gasteiger partial charge is 0.153 e. The Labute approximate surface area is 112 Å². The van der Waals surface area contributed by atoms with E-state index in [1.807, 2.05) is 55.4 Å². The van der Waals surface area contributed by atoms with Crippen LogP contribution in [0.15, 0.2) is 36.4 Å². The van der Waals surface area contributed by atoms with E-state index in [9.17, 15) is 0 Å². The fourth-order valence-electron chi connectivity index (χ4n) is 1.50. The molecule has 2 rings (SSSR count). The fraction of sp³-hybridized carbons (Fsp3) is 0.167. The van der Waals surface area contributed by atoms with Crippen LogP contribution in [0, 0.1) is 0 Å². The van der Waals surface area contributed by atoms with Gasteiger partial charge in [-0.05, 0) is 0 Å². The monoisotopic (exact) mass is 269 g/mol. The number of nitrogens with zero attached hydrogens (tertiary/aromatic N) is 3. The Morgan fingerprint density at radius 2 is 1.71 bits per heavy atom. The zero-order valence-corrected chi connectivity index (χ0v) is 11.2. The molecule has 0 saturated carbocycles. The van der Waals surface area contributed by atoms with Crippen molar-refractivity contribution in [2.45, 2.75) is 0 Å². The highest BCUT2D eigenvalue weighted by molar-refractivity contribution is 6.29. The van der Waals surface area contributed by atoms with Gasteiger partial charge in [-0.1, -0.05) is 41.9 Å². The Balaban J connectivity index is 0.00000144. The van der Waals surface area contributed by atoms with E-state index in [4.69, 9.17) is 11.6 Å². The van der Waals surface area contributed by atoms with Crippen LogP contribution < -0.4 is 4.90 Å². The van der Waals surface area contributed by atoms with Crippen LogP contribution in [-0.4, -0.2) is 24.3 Å². The van der Waals surface area contributed by atoms with Crippen LogP contribution in [0.2, 0.25) is 5.15 Å². The van der Waals surface area contributed by atoms with Crippen molar-refractivity contribution in [1.29, 1.82) is 0 Å². The maximum absolute atomic E-state index is 5.85. The normalized spacial score (nSPS) is 9.59. The van der Waals surface area contributed by atoms with Crippen molar-refractivity contribution >= 4 is 29.7 Å². The molecule has 0 unspecified atom stereocenters. The predicted octanol–water partition coefficient (Wildman–Crippen LogP) is 3.28. The zero-order chi connectivity index (χ0) is 11.5. The van der Waals surface area contributed by atoms with Gasteiger partial charge in [0.1, 0.15) is 5.69 Å². The van der Waals surface area contributed by atoms with Crippen molar-refractivity contribution in [3.63, 3.8) is 0 Å². The minimum absolute atomic E-state index is 0. The molecule has 5 heteroatoms. The van der Waals surface area contributed by atoms with Gasteiger partial charge in [0.25, 0.3) is 0 Å². The van der Waals surface area contributed by atoms with Crippen molar-refractivity contribution in [2.24, 2.45) is 0 Å². The molecule has 2 aromatic rings. The fourth-order valence-corrected chi connectivity index (χ4v) is 1.64. The lowest BCUT2D eigenvalue weighted by Gasteiger charge is -2.16. The van der Waals surface area contributed by atoms with Gasteiger partial charge in [-0.25, -0.2) is 0 Å². The summed E-state index contributed by atoms with van der Waals surface area (Å²) in [7, 11) is 3.92. The first-order valence-corrected chi connectivity index (χ1v) is 5.32. The van der Waals surface area contributed by atoms with Crippen molar-refractivity contribution in [1.82, 2.24) is 10.2 Å². The first-order chi connectivity index (χ1) is 7.68. The summed E-state index contributed by atoms with van der Waals surface area (Å²) in [6, 6.07) is 11.8. The van der Waals surface area contributed by atoms with E-state index in [1.165, 1.54) is 0 Å². The molecule has 0 spiro atoms. The molecule has 0 N–H and O–H groups in total. The highest BCUT2D eigenvalue weighted by atomic mass is 35.5. The Morgan fingerprint density at radius 1 is 1.06 bits per heavy atom. The average molecular weight is 270 g/mol. The average Bonchev–Trinajstić information content (AvgIpc) is 2.30. The molecule has 0 amide bonds. The van der Waals surface area contributed by atoms with Crippen LogP contribution in [0.4, 0.5) is 5.69 Å². The Kier molecular flexibility index (Phi) is 4.73. The molecular weight excluding hydrogens is 257 g/mol. The van der Waals surface area contributed by atoms with Crippen molar-refractivity contribution in [3.05, 3.63) is 41.6 Å². The van der Waals surface area contributed by atoms with E-state index in [0.29, 0.717) is 5.15 Å². The van der Waals surface area contributed by atoms with E-state index < -0.39 is 0 Å². The third-order valence-electron chi connectivity index (χ3n) is 2.27. The second kappa shape index (κ2) is 5.84. The van der Waals surface area contributed by atoms with Gasteiger partial charge in [-0.15, -0.1) is 22.6 Å². The molecular formula is C12H13Cl2N3. The minimum Gasteiger partial charge on any atom is -0.376 e. The molecule has 1 aromatic heterocycles. The van der Waals surface area contributed by atoms with Gasteiger partial charge < -0.3 is 4.90 Å².